The highest BCUT2D eigenvalue weighted by atomic mass is 15.3. The lowest BCUT2D eigenvalue weighted by Crippen LogP contribution is -1.98. The minimum atomic E-state index is 0.885. The lowest BCUT2D eigenvalue weighted by Gasteiger charge is -2.09. The summed E-state index contributed by atoms with van der Waals surface area (Å²) < 4.78 is 3.77. The van der Waals surface area contributed by atoms with E-state index < -0.39 is 0 Å². The quantitative estimate of drug-likeness (QED) is 0.581. The van der Waals surface area contributed by atoms with Crippen molar-refractivity contribution >= 4 is 0 Å². The molecule has 0 radical (unpaired) electrons. The first-order valence-electron chi connectivity index (χ1n) is 6.81. The maximum absolute atomic E-state index is 4.44. The highest BCUT2D eigenvalue weighted by Gasteiger charge is 2.07. The average Bonchev–Trinajstić information content (AvgIpc) is 3.28. The Morgan fingerprint density at radius 3 is 2.27 bits per heavy atom. The fourth-order valence-corrected chi connectivity index (χ4v) is 2.33. The first kappa shape index (κ1) is 12.5. The van der Waals surface area contributed by atoms with Crippen LogP contribution in [0.15, 0.2) is 73.8 Å². The van der Waals surface area contributed by atoms with Gasteiger partial charge < -0.3 is 0 Å². The van der Waals surface area contributed by atoms with Crippen molar-refractivity contribution in [1.29, 1.82) is 0 Å². The molecular weight excluding hydrogens is 276 g/mol. The lowest BCUT2D eigenvalue weighted by atomic mass is 10.2. The Labute approximate surface area is 126 Å². The van der Waals surface area contributed by atoms with Crippen molar-refractivity contribution in [3.8, 4) is 22.8 Å². The molecular formula is C16H12N6. The maximum Gasteiger partial charge on any atom is 0.144 e. The van der Waals surface area contributed by atoms with Gasteiger partial charge in [-0.25, -0.2) is 14.6 Å². The highest BCUT2D eigenvalue weighted by Crippen LogP contribution is 2.21. The van der Waals surface area contributed by atoms with E-state index in [1.807, 2.05) is 47.2 Å². The molecule has 3 heterocycles. The molecule has 1 aromatic carbocycles. The molecule has 0 aliphatic heterocycles. The first-order chi connectivity index (χ1) is 10.9. The van der Waals surface area contributed by atoms with Gasteiger partial charge in [-0.3, -0.25) is 9.55 Å². The summed E-state index contributed by atoms with van der Waals surface area (Å²) >= 11 is 0. The van der Waals surface area contributed by atoms with E-state index in [0.717, 1.165) is 22.8 Å². The van der Waals surface area contributed by atoms with Crippen LogP contribution in [0.25, 0.3) is 22.8 Å². The van der Waals surface area contributed by atoms with Gasteiger partial charge in [0.25, 0.3) is 0 Å². The fourth-order valence-electron chi connectivity index (χ4n) is 2.33. The van der Waals surface area contributed by atoms with Gasteiger partial charge in [0.2, 0.25) is 0 Å². The van der Waals surface area contributed by atoms with Gasteiger partial charge in [0.15, 0.2) is 0 Å². The molecule has 0 fully saturated rings. The molecule has 3 aromatic heterocycles. The molecule has 22 heavy (non-hydrogen) atoms. The maximum atomic E-state index is 4.44. The lowest BCUT2D eigenvalue weighted by molar-refractivity contribution is 0.877. The summed E-state index contributed by atoms with van der Waals surface area (Å²) in [5.74, 6) is 0.885. The molecule has 0 unspecified atom stereocenters. The molecule has 4 rings (SSSR count). The van der Waals surface area contributed by atoms with Gasteiger partial charge in [0.05, 0.1) is 5.69 Å². The molecule has 0 aliphatic carbocycles. The van der Waals surface area contributed by atoms with Crippen molar-refractivity contribution < 1.29 is 0 Å². The Hall–Kier alpha value is -3.28. The van der Waals surface area contributed by atoms with E-state index in [1.54, 1.807) is 29.6 Å². The van der Waals surface area contributed by atoms with Gasteiger partial charge in [0.1, 0.15) is 18.5 Å². The van der Waals surface area contributed by atoms with Crippen LogP contribution < -0.4 is 0 Å². The summed E-state index contributed by atoms with van der Waals surface area (Å²) in [5, 5.41) is 4.12. The molecule has 0 amide bonds. The van der Waals surface area contributed by atoms with Crippen LogP contribution in [0.3, 0.4) is 0 Å². The summed E-state index contributed by atoms with van der Waals surface area (Å²) in [4.78, 5) is 12.4. The second-order valence-electron chi connectivity index (χ2n) is 4.71. The normalized spacial score (nSPS) is 10.7. The van der Waals surface area contributed by atoms with Crippen LogP contribution in [0, 0.1) is 0 Å². The summed E-state index contributed by atoms with van der Waals surface area (Å²) in [6.07, 6.45) is 10.5. The summed E-state index contributed by atoms with van der Waals surface area (Å²) in [7, 11) is 0. The summed E-state index contributed by atoms with van der Waals surface area (Å²) in [6.45, 7) is 0. The van der Waals surface area contributed by atoms with Crippen LogP contribution in [-0.4, -0.2) is 29.3 Å². The largest absolute Gasteiger partial charge is 0.300 e. The average molecular weight is 288 g/mol. The van der Waals surface area contributed by atoms with Crippen LogP contribution in [0.5, 0.6) is 0 Å². The Kier molecular flexibility index (Phi) is 2.97. The Bertz CT molecular complexity index is 863. The smallest absolute Gasteiger partial charge is 0.144 e. The van der Waals surface area contributed by atoms with Gasteiger partial charge in [-0.15, -0.1) is 0 Å². The standard InChI is InChI=1S/C16H12N6/c1-3-15(22-12-18-11-20-22)4-2-14(1)21-10-9-19-16(21)13-5-7-17-8-6-13/h1-12H. The highest BCUT2D eigenvalue weighted by molar-refractivity contribution is 5.58. The minimum absolute atomic E-state index is 0.885. The molecule has 0 atom stereocenters. The van der Waals surface area contributed by atoms with E-state index in [0.29, 0.717) is 0 Å². The van der Waals surface area contributed by atoms with Gasteiger partial charge in [-0.05, 0) is 36.4 Å². The Morgan fingerprint density at radius 2 is 1.55 bits per heavy atom. The van der Waals surface area contributed by atoms with Crippen LogP contribution in [0.1, 0.15) is 0 Å². The van der Waals surface area contributed by atoms with Crippen LogP contribution in [0.4, 0.5) is 0 Å². The molecule has 106 valence electrons. The molecule has 0 bridgehead atoms. The summed E-state index contributed by atoms with van der Waals surface area (Å²) in [5.41, 5.74) is 3.03. The third-order valence-electron chi connectivity index (χ3n) is 3.39. The molecule has 6 nitrogen and oxygen atoms in total. The zero-order valence-corrected chi connectivity index (χ0v) is 11.6. The number of aromatic nitrogens is 6. The molecule has 0 saturated heterocycles. The van der Waals surface area contributed by atoms with E-state index in [2.05, 4.69) is 20.1 Å². The van der Waals surface area contributed by atoms with Crippen molar-refractivity contribution in [3.05, 3.63) is 73.8 Å². The third kappa shape index (κ3) is 2.16. The van der Waals surface area contributed by atoms with Crippen molar-refractivity contribution in [2.45, 2.75) is 0 Å². The molecule has 0 aliphatic rings. The second-order valence-corrected chi connectivity index (χ2v) is 4.71. The zero-order valence-electron chi connectivity index (χ0n) is 11.6. The molecule has 4 aromatic rings. The number of nitrogens with zero attached hydrogens (tertiary/aromatic N) is 6. The van der Waals surface area contributed by atoms with Crippen LogP contribution >= 0.6 is 0 Å². The predicted molar refractivity (Wildman–Crippen MR) is 81.7 cm³/mol. The Morgan fingerprint density at radius 1 is 0.773 bits per heavy atom. The third-order valence-corrected chi connectivity index (χ3v) is 3.39. The van der Waals surface area contributed by atoms with Gasteiger partial charge in [-0.2, -0.15) is 5.10 Å². The van der Waals surface area contributed by atoms with E-state index >= 15 is 0 Å². The van der Waals surface area contributed by atoms with Gasteiger partial charge in [-0.1, -0.05) is 0 Å². The van der Waals surface area contributed by atoms with Gasteiger partial charge >= 0.3 is 0 Å². The number of benzene rings is 1. The molecule has 0 saturated carbocycles. The van der Waals surface area contributed by atoms with E-state index in [9.17, 15) is 0 Å². The number of hydrogen-bond donors (Lipinski definition) is 0. The topological polar surface area (TPSA) is 61.4 Å². The monoisotopic (exact) mass is 288 g/mol. The SMILES string of the molecule is c1cc(-c2nccn2-c2ccc(-n3cncn3)cc2)ccn1. The number of imidazole rings is 1. The molecule has 0 N–H and O–H groups in total. The minimum Gasteiger partial charge on any atom is -0.300 e. The predicted octanol–water partition coefficient (Wildman–Crippen LogP) is 2.51. The van der Waals surface area contributed by atoms with Crippen molar-refractivity contribution in [1.82, 2.24) is 29.3 Å². The number of hydrogen-bond acceptors (Lipinski definition) is 4. The van der Waals surface area contributed by atoms with E-state index in [-0.39, 0.29) is 0 Å². The van der Waals surface area contributed by atoms with E-state index in [4.69, 9.17) is 0 Å². The van der Waals surface area contributed by atoms with Crippen LogP contribution in [-0.2, 0) is 0 Å². The zero-order chi connectivity index (χ0) is 14.8. The Balaban J connectivity index is 1.73. The van der Waals surface area contributed by atoms with Crippen molar-refractivity contribution in [3.63, 3.8) is 0 Å². The van der Waals surface area contributed by atoms with Crippen molar-refractivity contribution in [2.24, 2.45) is 0 Å². The molecule has 0 spiro atoms. The van der Waals surface area contributed by atoms with Crippen molar-refractivity contribution in [2.75, 3.05) is 0 Å². The number of rotatable bonds is 3. The summed E-state index contributed by atoms with van der Waals surface area (Å²) in [6, 6.07) is 12.0. The molecule has 6 heteroatoms. The number of pyridine rings is 1. The van der Waals surface area contributed by atoms with E-state index in [1.165, 1.54) is 6.33 Å². The second kappa shape index (κ2) is 5.25. The first-order valence-corrected chi connectivity index (χ1v) is 6.81. The fraction of sp³-hybridized carbons (Fsp3) is 0. The van der Waals surface area contributed by atoms with Crippen LogP contribution in [0.2, 0.25) is 0 Å². The van der Waals surface area contributed by atoms with Gasteiger partial charge in [0, 0.05) is 36.0 Å².